The van der Waals surface area contributed by atoms with Gasteiger partial charge >= 0.3 is 6.43 Å². The summed E-state index contributed by atoms with van der Waals surface area (Å²) in [7, 11) is 0. The summed E-state index contributed by atoms with van der Waals surface area (Å²) in [5.74, 6) is -0.998. The quantitative estimate of drug-likeness (QED) is 0.741. The summed E-state index contributed by atoms with van der Waals surface area (Å²) in [6, 6.07) is 0.497. The van der Waals surface area contributed by atoms with Crippen LogP contribution >= 0.6 is 0 Å². The average molecular weight is 246 g/mol. The molecule has 2 rings (SSSR count). The monoisotopic (exact) mass is 246 g/mol. The number of piperidine rings is 2. The van der Waals surface area contributed by atoms with E-state index in [0.29, 0.717) is 19.1 Å². The van der Waals surface area contributed by atoms with Crippen molar-refractivity contribution >= 4 is 5.91 Å². The third kappa shape index (κ3) is 3.15. The Morgan fingerprint density at radius 2 is 1.59 bits per heavy atom. The molecule has 0 saturated carbocycles. The molecule has 5 heteroatoms. The van der Waals surface area contributed by atoms with Crippen molar-refractivity contribution in [3.05, 3.63) is 0 Å². The zero-order chi connectivity index (χ0) is 12.3. The predicted octanol–water partition coefficient (Wildman–Crippen LogP) is 1.73. The van der Waals surface area contributed by atoms with Gasteiger partial charge in [0.05, 0.1) is 0 Å². The predicted molar refractivity (Wildman–Crippen MR) is 61.0 cm³/mol. The van der Waals surface area contributed by atoms with Gasteiger partial charge in [0.25, 0.3) is 5.91 Å². The van der Waals surface area contributed by atoms with Crippen LogP contribution in [0.3, 0.4) is 0 Å². The molecule has 2 saturated heterocycles. The average Bonchev–Trinajstić information content (AvgIpc) is 2.39. The number of alkyl halides is 2. The highest BCUT2D eigenvalue weighted by atomic mass is 19.3. The first-order valence-electron chi connectivity index (χ1n) is 6.49. The number of rotatable bonds is 2. The van der Waals surface area contributed by atoms with Crippen molar-refractivity contribution in [3.63, 3.8) is 0 Å². The number of amides is 1. The van der Waals surface area contributed by atoms with Gasteiger partial charge in [0.2, 0.25) is 0 Å². The minimum atomic E-state index is -2.85. The van der Waals surface area contributed by atoms with Gasteiger partial charge in [0.15, 0.2) is 0 Å². The van der Waals surface area contributed by atoms with Gasteiger partial charge in [-0.2, -0.15) is 8.78 Å². The smallest absolute Gasteiger partial charge is 0.315 e. The first-order chi connectivity index (χ1) is 8.18. The Morgan fingerprint density at radius 3 is 2.12 bits per heavy atom. The summed E-state index contributed by atoms with van der Waals surface area (Å²) in [6.07, 6.45) is 2.64. The summed E-state index contributed by atoms with van der Waals surface area (Å²) in [5, 5.41) is 0. The number of likely N-dealkylation sites (tertiary alicyclic amines) is 2. The van der Waals surface area contributed by atoms with Crippen LogP contribution in [0.4, 0.5) is 8.78 Å². The fourth-order valence-electron chi connectivity index (χ4n) is 2.87. The molecule has 17 heavy (non-hydrogen) atoms. The normalized spacial score (nSPS) is 24.3. The Morgan fingerprint density at radius 1 is 1.00 bits per heavy atom. The third-order valence-corrected chi connectivity index (χ3v) is 3.87. The molecule has 0 N–H and O–H groups in total. The van der Waals surface area contributed by atoms with Crippen molar-refractivity contribution in [1.29, 1.82) is 0 Å². The van der Waals surface area contributed by atoms with Crippen LogP contribution in [0, 0.1) is 0 Å². The van der Waals surface area contributed by atoms with Crippen LogP contribution in [0.15, 0.2) is 0 Å². The largest absolute Gasteiger partial charge is 0.338 e. The Hall–Kier alpha value is -0.710. The molecule has 2 fully saturated rings. The maximum atomic E-state index is 12.3. The van der Waals surface area contributed by atoms with Gasteiger partial charge in [0, 0.05) is 19.1 Å². The van der Waals surface area contributed by atoms with E-state index in [4.69, 9.17) is 0 Å². The minimum absolute atomic E-state index is 0.490. The maximum absolute atomic E-state index is 12.3. The van der Waals surface area contributed by atoms with Crippen LogP contribution in [-0.4, -0.2) is 54.4 Å². The van der Waals surface area contributed by atoms with E-state index in [9.17, 15) is 13.6 Å². The molecule has 0 aromatic carbocycles. The van der Waals surface area contributed by atoms with Gasteiger partial charge in [-0.25, -0.2) is 0 Å². The van der Waals surface area contributed by atoms with E-state index in [0.717, 1.165) is 25.9 Å². The highest BCUT2D eigenvalue weighted by molar-refractivity contribution is 5.79. The molecule has 0 atom stereocenters. The van der Waals surface area contributed by atoms with Crippen molar-refractivity contribution in [2.45, 2.75) is 44.6 Å². The lowest BCUT2D eigenvalue weighted by molar-refractivity contribution is -0.144. The maximum Gasteiger partial charge on any atom is 0.315 e. The number of halogens is 2. The Kier molecular flexibility index (Phi) is 4.31. The second-order valence-corrected chi connectivity index (χ2v) is 4.95. The van der Waals surface area contributed by atoms with Gasteiger partial charge in [0.1, 0.15) is 0 Å². The van der Waals surface area contributed by atoms with Crippen LogP contribution in [-0.2, 0) is 4.79 Å². The SMILES string of the molecule is O=C(C(F)F)N1CCC(N2CCCCC2)CC1. The fraction of sp³-hybridized carbons (Fsp3) is 0.917. The van der Waals surface area contributed by atoms with Gasteiger partial charge < -0.3 is 9.80 Å². The molecule has 0 aromatic heterocycles. The Bertz CT molecular complexity index is 259. The van der Waals surface area contributed by atoms with Gasteiger partial charge in [-0.05, 0) is 38.8 Å². The van der Waals surface area contributed by atoms with Gasteiger partial charge in [-0.1, -0.05) is 6.42 Å². The number of carbonyl (C=O) groups excluding carboxylic acids is 1. The molecule has 98 valence electrons. The van der Waals surface area contributed by atoms with Gasteiger partial charge in [-0.15, -0.1) is 0 Å². The molecule has 0 bridgehead atoms. The molecule has 0 aliphatic carbocycles. The first kappa shape index (κ1) is 12.7. The van der Waals surface area contributed by atoms with Crippen molar-refractivity contribution in [1.82, 2.24) is 9.80 Å². The Balaban J connectivity index is 1.79. The standard InChI is InChI=1S/C12H20F2N2O/c13-11(14)12(17)16-8-4-10(5-9-16)15-6-2-1-3-7-15/h10-11H,1-9H2. The lowest BCUT2D eigenvalue weighted by atomic mass is 10.00. The Labute approximate surface area is 101 Å². The number of nitrogens with zero attached hydrogens (tertiary/aromatic N) is 2. The first-order valence-corrected chi connectivity index (χ1v) is 6.49. The molecular formula is C12H20F2N2O. The van der Waals surface area contributed by atoms with E-state index >= 15 is 0 Å². The summed E-state index contributed by atoms with van der Waals surface area (Å²) < 4.78 is 24.5. The molecule has 3 nitrogen and oxygen atoms in total. The fourth-order valence-corrected chi connectivity index (χ4v) is 2.87. The summed E-state index contributed by atoms with van der Waals surface area (Å²) >= 11 is 0. The van der Waals surface area contributed by atoms with Crippen molar-refractivity contribution in [2.24, 2.45) is 0 Å². The molecule has 2 aliphatic heterocycles. The van der Waals surface area contributed by atoms with Crippen LogP contribution in [0.25, 0.3) is 0 Å². The lowest BCUT2D eigenvalue weighted by Crippen LogP contribution is -2.49. The number of carbonyl (C=O) groups is 1. The van der Waals surface area contributed by atoms with Crippen molar-refractivity contribution in [2.75, 3.05) is 26.2 Å². The second kappa shape index (κ2) is 5.76. The van der Waals surface area contributed by atoms with Crippen LogP contribution in [0.5, 0.6) is 0 Å². The van der Waals surface area contributed by atoms with Crippen LogP contribution < -0.4 is 0 Å². The van der Waals surface area contributed by atoms with E-state index in [1.54, 1.807) is 0 Å². The second-order valence-electron chi connectivity index (χ2n) is 4.95. The summed E-state index contributed by atoms with van der Waals surface area (Å²) in [5.41, 5.74) is 0. The highest BCUT2D eigenvalue weighted by Gasteiger charge is 2.30. The third-order valence-electron chi connectivity index (χ3n) is 3.87. The van der Waals surface area contributed by atoms with Crippen LogP contribution in [0.1, 0.15) is 32.1 Å². The van der Waals surface area contributed by atoms with Gasteiger partial charge in [-0.3, -0.25) is 4.79 Å². The molecular weight excluding hydrogens is 226 g/mol. The summed E-state index contributed by atoms with van der Waals surface area (Å²) in [6.45, 7) is 3.25. The number of hydrogen-bond donors (Lipinski definition) is 0. The molecule has 0 aromatic rings. The topological polar surface area (TPSA) is 23.6 Å². The molecule has 2 heterocycles. The molecule has 0 spiro atoms. The van der Waals surface area contributed by atoms with E-state index < -0.39 is 12.3 Å². The highest BCUT2D eigenvalue weighted by Crippen LogP contribution is 2.21. The van der Waals surface area contributed by atoms with Crippen molar-refractivity contribution < 1.29 is 13.6 Å². The number of hydrogen-bond acceptors (Lipinski definition) is 2. The molecule has 0 unspecified atom stereocenters. The zero-order valence-electron chi connectivity index (χ0n) is 10.1. The van der Waals surface area contributed by atoms with E-state index in [1.807, 2.05) is 0 Å². The summed E-state index contributed by atoms with van der Waals surface area (Å²) in [4.78, 5) is 14.9. The van der Waals surface area contributed by atoms with E-state index in [2.05, 4.69) is 4.90 Å². The van der Waals surface area contributed by atoms with Crippen molar-refractivity contribution in [3.8, 4) is 0 Å². The molecule has 1 amide bonds. The lowest BCUT2D eigenvalue weighted by Gasteiger charge is -2.40. The zero-order valence-corrected chi connectivity index (χ0v) is 10.1. The molecule has 0 radical (unpaired) electrons. The van der Waals surface area contributed by atoms with E-state index in [-0.39, 0.29) is 0 Å². The van der Waals surface area contributed by atoms with E-state index in [1.165, 1.54) is 24.2 Å². The van der Waals surface area contributed by atoms with Crippen LogP contribution in [0.2, 0.25) is 0 Å². The molecule has 2 aliphatic rings. The minimum Gasteiger partial charge on any atom is -0.338 e.